The van der Waals surface area contributed by atoms with Crippen LogP contribution in [0.3, 0.4) is 0 Å². The summed E-state index contributed by atoms with van der Waals surface area (Å²) in [7, 11) is 0. The third-order valence-corrected chi connectivity index (χ3v) is 5.35. The first-order valence-corrected chi connectivity index (χ1v) is 11.2. The quantitative estimate of drug-likeness (QED) is 0.368. The minimum Gasteiger partial charge on any atom is -0.456 e. The highest BCUT2D eigenvalue weighted by molar-refractivity contribution is 5.94. The molecule has 0 saturated heterocycles. The molecule has 0 atom stereocenters. The molecule has 192 valence electrons. The summed E-state index contributed by atoms with van der Waals surface area (Å²) in [6.45, 7) is 5.21. The lowest BCUT2D eigenvalue weighted by Gasteiger charge is -2.29. The van der Waals surface area contributed by atoms with Gasteiger partial charge in [-0.3, -0.25) is 9.59 Å². The molecule has 10 heteroatoms. The monoisotopic (exact) mass is 506 g/mol. The van der Waals surface area contributed by atoms with Crippen molar-refractivity contribution in [1.29, 1.82) is 0 Å². The van der Waals surface area contributed by atoms with Crippen LogP contribution in [0.4, 0.5) is 17.6 Å². The van der Waals surface area contributed by atoms with Crippen LogP contribution in [-0.2, 0) is 33.5 Å². The highest BCUT2D eigenvalue weighted by Gasteiger charge is 2.30. The molecule has 0 aliphatic carbocycles. The molecule has 0 spiro atoms. The lowest BCUT2D eigenvalue weighted by Crippen LogP contribution is -2.42. The normalized spacial score (nSPS) is 13.9. The molecule has 1 aliphatic rings. The van der Waals surface area contributed by atoms with Gasteiger partial charge >= 0.3 is 12.1 Å². The topological polar surface area (TPSA) is 75.7 Å². The van der Waals surface area contributed by atoms with Crippen LogP contribution in [-0.4, -0.2) is 41.4 Å². The van der Waals surface area contributed by atoms with Gasteiger partial charge in [-0.2, -0.15) is 13.2 Å². The fourth-order valence-electron chi connectivity index (χ4n) is 3.57. The maximum atomic E-state index is 14.6. The smallest absolute Gasteiger partial charge is 0.416 e. The molecule has 0 fully saturated rings. The van der Waals surface area contributed by atoms with Gasteiger partial charge in [0.25, 0.3) is 0 Å². The summed E-state index contributed by atoms with van der Waals surface area (Å²) in [4.78, 5) is 38.3. The molecule has 2 aromatic carbocycles. The van der Waals surface area contributed by atoms with E-state index in [1.165, 1.54) is 35.2 Å². The van der Waals surface area contributed by atoms with Crippen LogP contribution in [0.25, 0.3) is 6.08 Å². The molecule has 36 heavy (non-hydrogen) atoms. The van der Waals surface area contributed by atoms with E-state index >= 15 is 0 Å². The number of halogens is 4. The van der Waals surface area contributed by atoms with Crippen LogP contribution in [0, 0.1) is 5.82 Å². The predicted octanol–water partition coefficient (Wildman–Crippen LogP) is 4.51. The Bertz CT molecular complexity index is 1180. The Hall–Kier alpha value is -3.69. The average molecular weight is 506 g/mol. The lowest BCUT2D eigenvalue weighted by molar-refractivity contribution is -0.137. The summed E-state index contributed by atoms with van der Waals surface area (Å²) in [5.41, 5.74) is -0.0167. The Labute approximate surface area is 205 Å². The van der Waals surface area contributed by atoms with E-state index in [2.05, 4.69) is 5.32 Å². The Balaban J connectivity index is 1.55. The molecule has 1 N–H and O–H groups in total. The summed E-state index contributed by atoms with van der Waals surface area (Å²) in [5, 5.41) is 2.43. The SMILES string of the molecule is CC(C)(C)OC(=O)c1cc2c(cc1F)CN(C(=O)CNC(=O)/C=C/c1ccc(C(F)(F)F)cc1)CC2. The van der Waals surface area contributed by atoms with Crippen molar-refractivity contribution in [2.24, 2.45) is 0 Å². The summed E-state index contributed by atoms with van der Waals surface area (Å²) < 4.78 is 57.6. The van der Waals surface area contributed by atoms with Gasteiger partial charge in [0.1, 0.15) is 11.4 Å². The molecular formula is C26H26F4N2O4. The van der Waals surface area contributed by atoms with E-state index in [1.807, 2.05) is 0 Å². The van der Waals surface area contributed by atoms with E-state index in [-0.39, 0.29) is 24.6 Å². The van der Waals surface area contributed by atoms with Gasteiger partial charge in [-0.15, -0.1) is 0 Å². The number of nitrogens with zero attached hydrogens (tertiary/aromatic N) is 1. The number of alkyl halides is 3. The maximum absolute atomic E-state index is 14.6. The van der Waals surface area contributed by atoms with E-state index in [0.717, 1.165) is 23.8 Å². The highest BCUT2D eigenvalue weighted by Crippen LogP contribution is 2.29. The number of hydrogen-bond acceptors (Lipinski definition) is 4. The average Bonchev–Trinajstić information content (AvgIpc) is 2.78. The van der Waals surface area contributed by atoms with Crippen molar-refractivity contribution in [3.8, 4) is 0 Å². The van der Waals surface area contributed by atoms with E-state index < -0.39 is 35.0 Å². The molecule has 0 aromatic heterocycles. The molecule has 1 heterocycles. The second kappa shape index (κ2) is 10.5. The Morgan fingerprint density at radius 1 is 1.06 bits per heavy atom. The van der Waals surface area contributed by atoms with Crippen molar-refractivity contribution >= 4 is 23.9 Å². The van der Waals surface area contributed by atoms with Crippen molar-refractivity contribution in [1.82, 2.24) is 10.2 Å². The molecule has 1 aliphatic heterocycles. The minimum absolute atomic E-state index is 0.122. The van der Waals surface area contributed by atoms with E-state index in [0.29, 0.717) is 24.1 Å². The fourth-order valence-corrected chi connectivity index (χ4v) is 3.57. The Morgan fingerprint density at radius 2 is 1.72 bits per heavy atom. The van der Waals surface area contributed by atoms with Crippen molar-refractivity contribution < 1.29 is 36.7 Å². The molecular weight excluding hydrogens is 480 g/mol. The second-order valence-electron chi connectivity index (χ2n) is 9.34. The zero-order valence-electron chi connectivity index (χ0n) is 20.0. The van der Waals surface area contributed by atoms with Crippen molar-refractivity contribution in [2.75, 3.05) is 13.1 Å². The summed E-state index contributed by atoms with van der Waals surface area (Å²) in [5.74, 6) is -2.46. The predicted molar refractivity (Wildman–Crippen MR) is 124 cm³/mol. The first kappa shape index (κ1) is 26.9. The summed E-state index contributed by atoms with van der Waals surface area (Å²) in [6.07, 6.45) is -1.59. The van der Waals surface area contributed by atoms with Crippen LogP contribution in [0.1, 0.15) is 53.4 Å². The van der Waals surface area contributed by atoms with E-state index in [4.69, 9.17) is 4.74 Å². The fraction of sp³-hybridized carbons (Fsp3) is 0.346. The van der Waals surface area contributed by atoms with Crippen LogP contribution in [0.15, 0.2) is 42.5 Å². The molecule has 2 amide bonds. The van der Waals surface area contributed by atoms with E-state index in [9.17, 15) is 31.9 Å². The zero-order chi connectivity index (χ0) is 26.7. The number of hydrogen-bond donors (Lipinski definition) is 1. The van der Waals surface area contributed by atoms with Gasteiger partial charge in [0, 0.05) is 19.2 Å². The van der Waals surface area contributed by atoms with Gasteiger partial charge in [-0.05, 0) is 74.2 Å². The summed E-state index contributed by atoms with van der Waals surface area (Å²) in [6, 6.07) is 6.96. The van der Waals surface area contributed by atoms with Crippen LogP contribution in [0.2, 0.25) is 0 Å². The number of esters is 1. The van der Waals surface area contributed by atoms with Crippen LogP contribution < -0.4 is 5.32 Å². The highest BCUT2D eigenvalue weighted by atomic mass is 19.4. The van der Waals surface area contributed by atoms with Gasteiger partial charge in [0.2, 0.25) is 11.8 Å². The zero-order valence-corrected chi connectivity index (χ0v) is 20.0. The molecule has 0 bridgehead atoms. The van der Waals surface area contributed by atoms with Gasteiger partial charge < -0.3 is 15.0 Å². The van der Waals surface area contributed by atoms with Crippen LogP contribution in [0.5, 0.6) is 0 Å². The third kappa shape index (κ3) is 7.16. The van der Waals surface area contributed by atoms with Crippen molar-refractivity contribution in [3.63, 3.8) is 0 Å². The number of fused-ring (bicyclic) bond motifs is 1. The van der Waals surface area contributed by atoms with Gasteiger partial charge in [-0.1, -0.05) is 12.1 Å². The standard InChI is InChI=1S/C26H26F4N2O4/c1-25(2,3)36-24(35)20-12-17-10-11-32(15-18(17)13-21(20)27)23(34)14-31-22(33)9-6-16-4-7-19(8-5-16)26(28,29)30/h4-9,12-13H,10-11,14-15H2,1-3H3,(H,31,33)/b9-6+. The molecule has 2 aromatic rings. The number of carbonyl (C=O) groups is 3. The number of carbonyl (C=O) groups excluding carboxylic acids is 3. The number of benzene rings is 2. The Kier molecular flexibility index (Phi) is 7.86. The molecule has 3 rings (SSSR count). The van der Waals surface area contributed by atoms with E-state index in [1.54, 1.807) is 20.8 Å². The number of rotatable bonds is 5. The Morgan fingerprint density at radius 3 is 2.33 bits per heavy atom. The van der Waals surface area contributed by atoms with Crippen molar-refractivity contribution in [2.45, 2.75) is 45.5 Å². The first-order valence-electron chi connectivity index (χ1n) is 11.2. The molecule has 6 nitrogen and oxygen atoms in total. The largest absolute Gasteiger partial charge is 0.456 e. The first-order chi connectivity index (χ1) is 16.7. The summed E-state index contributed by atoms with van der Waals surface area (Å²) >= 11 is 0. The lowest BCUT2D eigenvalue weighted by atomic mass is 9.96. The minimum atomic E-state index is -4.44. The molecule has 0 saturated carbocycles. The van der Waals surface area contributed by atoms with Gasteiger partial charge in [-0.25, -0.2) is 9.18 Å². The number of ether oxygens (including phenoxy) is 1. The third-order valence-electron chi connectivity index (χ3n) is 5.35. The van der Waals surface area contributed by atoms with Crippen LogP contribution >= 0.6 is 0 Å². The van der Waals surface area contributed by atoms with Crippen molar-refractivity contribution in [3.05, 3.63) is 76.1 Å². The number of nitrogens with one attached hydrogen (secondary N) is 1. The van der Waals surface area contributed by atoms with Gasteiger partial charge in [0.15, 0.2) is 0 Å². The number of amides is 2. The molecule has 0 radical (unpaired) electrons. The second-order valence-corrected chi connectivity index (χ2v) is 9.34. The molecule has 0 unspecified atom stereocenters. The van der Waals surface area contributed by atoms with Gasteiger partial charge in [0.05, 0.1) is 17.7 Å². The maximum Gasteiger partial charge on any atom is 0.416 e.